The van der Waals surface area contributed by atoms with Crippen molar-refractivity contribution < 1.29 is 4.39 Å². The molecular formula is C24H18FN5. The van der Waals surface area contributed by atoms with Crippen molar-refractivity contribution in [1.29, 1.82) is 5.26 Å². The van der Waals surface area contributed by atoms with E-state index < -0.39 is 0 Å². The second kappa shape index (κ2) is 8.84. The maximum atomic E-state index is 13.1. The van der Waals surface area contributed by atoms with Gasteiger partial charge in [0.15, 0.2) is 0 Å². The zero-order chi connectivity index (χ0) is 20.8. The highest BCUT2D eigenvalue weighted by molar-refractivity contribution is 5.67. The summed E-state index contributed by atoms with van der Waals surface area (Å²) in [5.41, 5.74) is 3.95. The maximum Gasteiger partial charge on any atom is 0.225 e. The molecule has 0 amide bonds. The molecule has 4 rings (SSSR count). The molecule has 5 nitrogen and oxygen atoms in total. The fraction of sp³-hybridized carbons (Fsp3) is 0.0417. The summed E-state index contributed by atoms with van der Waals surface area (Å²) in [6.45, 7) is 0.460. The summed E-state index contributed by atoms with van der Waals surface area (Å²) in [6.07, 6.45) is 0. The van der Waals surface area contributed by atoms with Gasteiger partial charge < -0.3 is 10.6 Å². The Kier molecular flexibility index (Phi) is 5.63. The smallest absolute Gasteiger partial charge is 0.225 e. The van der Waals surface area contributed by atoms with E-state index in [1.807, 2.05) is 48.5 Å². The van der Waals surface area contributed by atoms with Crippen LogP contribution in [0.2, 0.25) is 0 Å². The number of aromatic nitrogens is 2. The summed E-state index contributed by atoms with van der Waals surface area (Å²) >= 11 is 0. The average molecular weight is 395 g/mol. The first-order valence-electron chi connectivity index (χ1n) is 9.39. The highest BCUT2D eigenvalue weighted by Gasteiger charge is 2.08. The Hall–Kier alpha value is -4.24. The summed E-state index contributed by atoms with van der Waals surface area (Å²) in [5.74, 6) is 0.771. The van der Waals surface area contributed by atoms with E-state index in [1.165, 1.54) is 12.1 Å². The standard InChI is InChI=1S/C24H18FN5/c25-20-11-9-17(10-12-20)16-27-24-29-22(19-6-2-1-3-7-19)14-23(30-24)28-21-8-4-5-18(13-21)15-26/h1-14H,16H2,(H2,27,28,29,30). The number of anilines is 3. The van der Waals surface area contributed by atoms with Gasteiger partial charge in [-0.15, -0.1) is 0 Å². The second-order valence-electron chi connectivity index (χ2n) is 6.63. The first-order valence-corrected chi connectivity index (χ1v) is 9.39. The number of nitriles is 1. The molecular weight excluding hydrogens is 377 g/mol. The Bertz CT molecular complexity index is 1180. The summed E-state index contributed by atoms with van der Waals surface area (Å²) in [4.78, 5) is 9.17. The van der Waals surface area contributed by atoms with E-state index >= 15 is 0 Å². The Morgan fingerprint density at radius 3 is 2.43 bits per heavy atom. The zero-order valence-electron chi connectivity index (χ0n) is 16.0. The quantitative estimate of drug-likeness (QED) is 0.450. The fourth-order valence-corrected chi connectivity index (χ4v) is 2.94. The third kappa shape index (κ3) is 4.78. The van der Waals surface area contributed by atoms with Crippen molar-refractivity contribution in [3.05, 3.63) is 102 Å². The zero-order valence-corrected chi connectivity index (χ0v) is 16.0. The van der Waals surface area contributed by atoms with Crippen LogP contribution >= 0.6 is 0 Å². The fourth-order valence-electron chi connectivity index (χ4n) is 2.94. The number of nitrogens with zero attached hydrogens (tertiary/aromatic N) is 3. The molecule has 6 heteroatoms. The summed E-state index contributed by atoms with van der Waals surface area (Å²) in [6, 6.07) is 27.3. The summed E-state index contributed by atoms with van der Waals surface area (Å²) in [5, 5.41) is 15.6. The molecule has 1 aromatic heterocycles. The lowest BCUT2D eigenvalue weighted by Gasteiger charge is -2.12. The van der Waals surface area contributed by atoms with Crippen LogP contribution in [-0.2, 0) is 6.54 Å². The van der Waals surface area contributed by atoms with Crippen LogP contribution < -0.4 is 10.6 Å². The molecule has 2 N–H and O–H groups in total. The molecule has 0 radical (unpaired) electrons. The Morgan fingerprint density at radius 2 is 1.67 bits per heavy atom. The van der Waals surface area contributed by atoms with Gasteiger partial charge in [-0.2, -0.15) is 10.2 Å². The maximum absolute atomic E-state index is 13.1. The second-order valence-corrected chi connectivity index (χ2v) is 6.63. The van der Waals surface area contributed by atoms with Crippen LogP contribution in [-0.4, -0.2) is 9.97 Å². The Balaban J connectivity index is 1.63. The molecule has 0 bridgehead atoms. The predicted molar refractivity (Wildman–Crippen MR) is 116 cm³/mol. The van der Waals surface area contributed by atoms with Crippen molar-refractivity contribution in [2.24, 2.45) is 0 Å². The topological polar surface area (TPSA) is 73.6 Å². The molecule has 3 aromatic carbocycles. The van der Waals surface area contributed by atoms with Crippen molar-refractivity contribution in [1.82, 2.24) is 9.97 Å². The van der Waals surface area contributed by atoms with Crippen LogP contribution in [0.4, 0.5) is 21.8 Å². The molecule has 0 aliphatic carbocycles. The number of rotatable bonds is 6. The molecule has 0 saturated heterocycles. The number of hydrogen-bond acceptors (Lipinski definition) is 5. The largest absolute Gasteiger partial charge is 0.350 e. The molecule has 4 aromatic rings. The monoisotopic (exact) mass is 395 g/mol. The lowest BCUT2D eigenvalue weighted by Crippen LogP contribution is -2.06. The van der Waals surface area contributed by atoms with Gasteiger partial charge in [0.2, 0.25) is 5.95 Å². The van der Waals surface area contributed by atoms with Crippen LogP contribution in [0.15, 0.2) is 84.9 Å². The molecule has 1 heterocycles. The van der Waals surface area contributed by atoms with Crippen LogP contribution in [0.25, 0.3) is 11.3 Å². The molecule has 0 aliphatic heterocycles. The number of halogens is 1. The van der Waals surface area contributed by atoms with Gasteiger partial charge >= 0.3 is 0 Å². The van der Waals surface area contributed by atoms with Crippen molar-refractivity contribution >= 4 is 17.5 Å². The van der Waals surface area contributed by atoms with Crippen molar-refractivity contribution in [2.75, 3.05) is 10.6 Å². The van der Waals surface area contributed by atoms with Crippen LogP contribution in [0.1, 0.15) is 11.1 Å². The minimum absolute atomic E-state index is 0.271. The Morgan fingerprint density at radius 1 is 0.867 bits per heavy atom. The summed E-state index contributed by atoms with van der Waals surface area (Å²) < 4.78 is 13.1. The minimum atomic E-state index is -0.271. The molecule has 0 aliphatic rings. The number of benzene rings is 3. The van der Waals surface area contributed by atoms with Gasteiger partial charge in [0.1, 0.15) is 11.6 Å². The van der Waals surface area contributed by atoms with Gasteiger partial charge in [-0.1, -0.05) is 48.5 Å². The molecule has 0 unspecified atom stereocenters. The molecule has 146 valence electrons. The van der Waals surface area contributed by atoms with E-state index in [2.05, 4.69) is 26.7 Å². The molecule has 30 heavy (non-hydrogen) atoms. The lowest BCUT2D eigenvalue weighted by atomic mass is 10.1. The van der Waals surface area contributed by atoms with Gasteiger partial charge in [0.25, 0.3) is 0 Å². The third-order valence-electron chi connectivity index (χ3n) is 4.42. The molecule has 0 saturated carbocycles. The van der Waals surface area contributed by atoms with E-state index in [0.717, 1.165) is 22.5 Å². The number of nitrogens with one attached hydrogen (secondary N) is 2. The van der Waals surface area contributed by atoms with Crippen LogP contribution in [0.5, 0.6) is 0 Å². The third-order valence-corrected chi connectivity index (χ3v) is 4.42. The normalized spacial score (nSPS) is 10.3. The van der Waals surface area contributed by atoms with Crippen LogP contribution in [0, 0.1) is 17.1 Å². The van der Waals surface area contributed by atoms with E-state index in [-0.39, 0.29) is 5.82 Å². The van der Waals surface area contributed by atoms with Gasteiger partial charge in [0, 0.05) is 23.9 Å². The lowest BCUT2D eigenvalue weighted by molar-refractivity contribution is 0.627. The van der Waals surface area contributed by atoms with Gasteiger partial charge in [-0.3, -0.25) is 0 Å². The van der Waals surface area contributed by atoms with E-state index in [4.69, 9.17) is 5.26 Å². The van der Waals surface area contributed by atoms with E-state index in [0.29, 0.717) is 23.9 Å². The molecule has 0 fully saturated rings. The van der Waals surface area contributed by atoms with E-state index in [1.54, 1.807) is 24.3 Å². The van der Waals surface area contributed by atoms with Gasteiger partial charge in [0.05, 0.1) is 17.3 Å². The first-order chi connectivity index (χ1) is 14.7. The molecule has 0 spiro atoms. The average Bonchev–Trinajstić information content (AvgIpc) is 2.79. The molecule has 0 atom stereocenters. The van der Waals surface area contributed by atoms with E-state index in [9.17, 15) is 4.39 Å². The van der Waals surface area contributed by atoms with Crippen molar-refractivity contribution in [3.63, 3.8) is 0 Å². The van der Waals surface area contributed by atoms with Crippen molar-refractivity contribution in [2.45, 2.75) is 6.54 Å². The SMILES string of the molecule is N#Cc1cccc(Nc2cc(-c3ccccc3)nc(NCc3ccc(F)cc3)n2)c1. The van der Waals surface area contributed by atoms with Gasteiger partial charge in [-0.25, -0.2) is 9.37 Å². The van der Waals surface area contributed by atoms with Gasteiger partial charge in [-0.05, 0) is 35.9 Å². The highest BCUT2D eigenvalue weighted by atomic mass is 19.1. The highest BCUT2D eigenvalue weighted by Crippen LogP contribution is 2.24. The van der Waals surface area contributed by atoms with Crippen molar-refractivity contribution in [3.8, 4) is 17.3 Å². The number of hydrogen-bond donors (Lipinski definition) is 2. The predicted octanol–water partition coefficient (Wildman–Crippen LogP) is 5.51. The first kappa shape index (κ1) is 19.1. The summed E-state index contributed by atoms with van der Waals surface area (Å²) in [7, 11) is 0. The van der Waals surface area contributed by atoms with Crippen LogP contribution in [0.3, 0.4) is 0 Å². The Labute approximate surface area is 173 Å². The minimum Gasteiger partial charge on any atom is -0.350 e.